The van der Waals surface area contributed by atoms with Crippen molar-refractivity contribution < 1.29 is 27.4 Å². The van der Waals surface area contributed by atoms with E-state index in [1.54, 1.807) is 29.0 Å². The molecule has 1 unspecified atom stereocenters. The first-order valence-electron chi connectivity index (χ1n) is 10.6. The highest BCUT2D eigenvalue weighted by atomic mass is 19.4. The molecule has 0 fully saturated rings. The van der Waals surface area contributed by atoms with Gasteiger partial charge in [0.15, 0.2) is 0 Å². The first-order chi connectivity index (χ1) is 16.3. The smallest absolute Gasteiger partial charge is 0.491 e. The second-order valence-corrected chi connectivity index (χ2v) is 8.03. The van der Waals surface area contributed by atoms with Crippen LogP contribution in [0.4, 0.5) is 13.2 Å². The summed E-state index contributed by atoms with van der Waals surface area (Å²) in [5, 5.41) is 4.05. The van der Waals surface area contributed by atoms with E-state index in [9.17, 15) is 18.0 Å². The average Bonchev–Trinajstić information content (AvgIpc) is 3.15. The number of pyridine rings is 1. The highest BCUT2D eigenvalue weighted by Crippen LogP contribution is 2.41. The van der Waals surface area contributed by atoms with Gasteiger partial charge >= 0.3 is 6.36 Å². The van der Waals surface area contributed by atoms with Crippen molar-refractivity contribution in [3.05, 3.63) is 89.9 Å². The van der Waals surface area contributed by atoms with E-state index >= 15 is 0 Å². The summed E-state index contributed by atoms with van der Waals surface area (Å²) in [6, 6.07) is 18.4. The van der Waals surface area contributed by atoms with Crippen molar-refractivity contribution in [1.29, 1.82) is 0 Å². The zero-order chi connectivity index (χ0) is 23.9. The van der Waals surface area contributed by atoms with E-state index in [2.05, 4.69) is 15.0 Å². The molecule has 1 aliphatic heterocycles. The van der Waals surface area contributed by atoms with Crippen molar-refractivity contribution in [1.82, 2.24) is 14.9 Å². The van der Waals surface area contributed by atoms with Gasteiger partial charge < -0.3 is 19.4 Å². The van der Waals surface area contributed by atoms with Gasteiger partial charge in [0, 0.05) is 30.6 Å². The quantitative estimate of drug-likeness (QED) is 0.462. The lowest BCUT2D eigenvalue weighted by Crippen LogP contribution is -2.50. The van der Waals surface area contributed by atoms with E-state index in [4.69, 9.17) is 4.74 Å². The Hall–Kier alpha value is -4.01. The number of benzene rings is 2. The number of para-hydroxylation sites is 1. The van der Waals surface area contributed by atoms with Crippen LogP contribution >= 0.6 is 0 Å². The highest BCUT2D eigenvalue weighted by Gasteiger charge is 2.43. The first-order valence-corrected chi connectivity index (χ1v) is 10.6. The lowest BCUT2D eigenvalue weighted by atomic mass is 9.81. The van der Waals surface area contributed by atoms with Crippen molar-refractivity contribution in [3.63, 3.8) is 0 Å². The number of nitrogens with zero attached hydrogens (tertiary/aromatic N) is 2. The Morgan fingerprint density at radius 2 is 1.88 bits per heavy atom. The number of carbonyl (C=O) groups is 1. The van der Waals surface area contributed by atoms with Crippen molar-refractivity contribution in [2.24, 2.45) is 7.05 Å². The summed E-state index contributed by atoms with van der Waals surface area (Å²) < 4.78 is 49.5. The van der Waals surface area contributed by atoms with E-state index in [-0.39, 0.29) is 18.3 Å². The molecule has 3 heterocycles. The van der Waals surface area contributed by atoms with Crippen LogP contribution in [-0.2, 0) is 12.6 Å². The van der Waals surface area contributed by atoms with Crippen LogP contribution in [0.15, 0.2) is 72.9 Å². The number of halogens is 3. The number of aryl methyl sites for hydroxylation is 1. The number of rotatable bonds is 4. The van der Waals surface area contributed by atoms with Gasteiger partial charge in [0.25, 0.3) is 5.91 Å². The van der Waals surface area contributed by atoms with Crippen LogP contribution in [0.1, 0.15) is 28.2 Å². The second-order valence-electron chi connectivity index (χ2n) is 8.03. The third-order valence-corrected chi connectivity index (χ3v) is 6.00. The topological polar surface area (TPSA) is 65.4 Å². The van der Waals surface area contributed by atoms with Crippen molar-refractivity contribution in [2.45, 2.75) is 18.3 Å². The minimum absolute atomic E-state index is 0.287. The molecule has 2 aromatic heterocycles. The predicted molar refractivity (Wildman–Crippen MR) is 119 cm³/mol. The van der Waals surface area contributed by atoms with Gasteiger partial charge in [-0.05, 0) is 42.0 Å². The lowest BCUT2D eigenvalue weighted by Gasteiger charge is -2.39. The fourth-order valence-corrected chi connectivity index (χ4v) is 4.44. The fourth-order valence-electron chi connectivity index (χ4n) is 4.44. The Morgan fingerprint density at radius 3 is 2.62 bits per heavy atom. The maximum atomic E-state index is 13.6. The molecule has 0 saturated carbocycles. The Balaban J connectivity index is 1.58. The molecule has 0 saturated heterocycles. The molecule has 2 aromatic carbocycles. The molecule has 1 atom stereocenters. The molecule has 4 aromatic rings. The van der Waals surface area contributed by atoms with Gasteiger partial charge in [0.2, 0.25) is 0 Å². The standard InChI is InChI=1S/C25H20F3N3O3/c1-31-19-6-3-2-5-16(19)15-20(31)23(32)30-24(12-14-33-21-7-4-13-29-22(21)24)17-8-10-18(11-9-17)34-25(26,27)28/h2-11,13,15H,12,14H2,1H3,(H,30,32). The van der Waals surface area contributed by atoms with Gasteiger partial charge in [-0.15, -0.1) is 13.2 Å². The number of hydrogen-bond donors (Lipinski definition) is 1. The molecule has 0 radical (unpaired) electrons. The van der Waals surface area contributed by atoms with Gasteiger partial charge in [-0.1, -0.05) is 30.3 Å². The van der Waals surface area contributed by atoms with Crippen LogP contribution in [0.3, 0.4) is 0 Å². The average molecular weight is 467 g/mol. The van der Waals surface area contributed by atoms with Gasteiger partial charge in [-0.3, -0.25) is 9.78 Å². The van der Waals surface area contributed by atoms with Crippen LogP contribution in [0.5, 0.6) is 11.5 Å². The minimum Gasteiger partial charge on any atom is -0.491 e. The second kappa shape index (κ2) is 8.09. The maximum Gasteiger partial charge on any atom is 0.573 e. The number of hydrogen-bond acceptors (Lipinski definition) is 4. The Kier molecular flexibility index (Phi) is 5.19. The number of nitrogens with one attached hydrogen (secondary N) is 1. The molecule has 174 valence electrons. The third kappa shape index (κ3) is 3.83. The highest BCUT2D eigenvalue weighted by molar-refractivity contribution is 5.99. The van der Waals surface area contributed by atoms with E-state index in [0.717, 1.165) is 10.9 Å². The number of amides is 1. The molecule has 1 aliphatic rings. The molecule has 5 rings (SSSR count). The van der Waals surface area contributed by atoms with E-state index in [0.29, 0.717) is 29.1 Å². The van der Waals surface area contributed by atoms with Gasteiger partial charge in [-0.25, -0.2) is 0 Å². The molecule has 34 heavy (non-hydrogen) atoms. The molecule has 0 bridgehead atoms. The number of fused-ring (bicyclic) bond motifs is 2. The predicted octanol–water partition coefficient (Wildman–Crippen LogP) is 4.93. The summed E-state index contributed by atoms with van der Waals surface area (Å²) in [5.41, 5.74) is 1.29. The first kappa shape index (κ1) is 21.8. The molecule has 0 aliphatic carbocycles. The molecule has 0 spiro atoms. The van der Waals surface area contributed by atoms with Gasteiger partial charge in [0.1, 0.15) is 28.4 Å². The number of carbonyl (C=O) groups excluding carboxylic acids is 1. The molecular formula is C25H20F3N3O3. The van der Waals surface area contributed by atoms with Crippen molar-refractivity contribution in [3.8, 4) is 11.5 Å². The normalized spacial score (nSPS) is 17.6. The summed E-state index contributed by atoms with van der Waals surface area (Å²) in [6.45, 7) is 0.287. The molecular weight excluding hydrogens is 447 g/mol. The maximum absolute atomic E-state index is 13.6. The fraction of sp³-hybridized carbons (Fsp3) is 0.200. The molecule has 1 N–H and O–H groups in total. The monoisotopic (exact) mass is 467 g/mol. The van der Waals surface area contributed by atoms with Crippen LogP contribution in [-0.4, -0.2) is 28.4 Å². The van der Waals surface area contributed by atoms with Gasteiger partial charge in [-0.2, -0.15) is 0 Å². The van der Waals surface area contributed by atoms with Crippen LogP contribution in [0.2, 0.25) is 0 Å². The van der Waals surface area contributed by atoms with E-state index < -0.39 is 11.9 Å². The molecule has 9 heteroatoms. The number of alkyl halides is 3. The Morgan fingerprint density at radius 1 is 1.12 bits per heavy atom. The minimum atomic E-state index is -4.80. The summed E-state index contributed by atoms with van der Waals surface area (Å²) in [4.78, 5) is 18.1. The summed E-state index contributed by atoms with van der Waals surface area (Å²) >= 11 is 0. The van der Waals surface area contributed by atoms with E-state index in [1.165, 1.54) is 24.3 Å². The zero-order valence-corrected chi connectivity index (χ0v) is 18.1. The Labute approximate surface area is 192 Å². The summed E-state index contributed by atoms with van der Waals surface area (Å²) in [7, 11) is 1.81. The number of ether oxygens (including phenoxy) is 2. The Bertz CT molecular complexity index is 1370. The molecule has 1 amide bonds. The van der Waals surface area contributed by atoms with Crippen LogP contribution in [0.25, 0.3) is 10.9 Å². The van der Waals surface area contributed by atoms with Crippen molar-refractivity contribution in [2.75, 3.05) is 6.61 Å². The van der Waals surface area contributed by atoms with E-state index in [1.807, 2.05) is 31.3 Å². The summed E-state index contributed by atoms with van der Waals surface area (Å²) in [5.74, 6) is -0.186. The third-order valence-electron chi connectivity index (χ3n) is 6.00. The SMILES string of the molecule is Cn1c(C(=O)NC2(c3ccc(OC(F)(F)F)cc3)CCOc3cccnc32)cc2ccccc21. The zero-order valence-electron chi connectivity index (χ0n) is 18.1. The largest absolute Gasteiger partial charge is 0.573 e. The van der Waals surface area contributed by atoms with Gasteiger partial charge in [0.05, 0.1) is 6.61 Å². The lowest BCUT2D eigenvalue weighted by molar-refractivity contribution is -0.274. The van der Waals surface area contributed by atoms with Crippen molar-refractivity contribution >= 4 is 16.8 Å². The van der Waals surface area contributed by atoms with Crippen LogP contribution < -0.4 is 14.8 Å². The molecule has 6 nitrogen and oxygen atoms in total. The summed E-state index contributed by atoms with van der Waals surface area (Å²) in [6.07, 6.45) is -2.87. The number of aromatic nitrogens is 2. The van der Waals surface area contributed by atoms with Crippen LogP contribution in [0, 0.1) is 0 Å².